The second kappa shape index (κ2) is 5.09. The highest BCUT2D eigenvalue weighted by molar-refractivity contribution is 5.24. The standard InChI is InChI=1S/C7H11NO/c1-4-5-9-7(2)6-8-3/h4-5H,2-3,6H2,1H3/b5-4-. The van der Waals surface area contributed by atoms with Crippen LogP contribution in [0.5, 0.6) is 0 Å². The van der Waals surface area contributed by atoms with Crippen LogP contribution >= 0.6 is 0 Å². The van der Waals surface area contributed by atoms with Crippen LogP contribution in [0.25, 0.3) is 0 Å². The van der Waals surface area contributed by atoms with Gasteiger partial charge in [0.15, 0.2) is 0 Å². The molecule has 0 spiro atoms. The van der Waals surface area contributed by atoms with Gasteiger partial charge in [-0.15, -0.1) is 0 Å². The summed E-state index contributed by atoms with van der Waals surface area (Å²) >= 11 is 0. The van der Waals surface area contributed by atoms with Crippen LogP contribution in [0.1, 0.15) is 6.92 Å². The van der Waals surface area contributed by atoms with Crippen LogP contribution in [0.15, 0.2) is 29.7 Å². The molecule has 0 heterocycles. The van der Waals surface area contributed by atoms with E-state index in [1.165, 1.54) is 0 Å². The molecule has 0 aliphatic carbocycles. The van der Waals surface area contributed by atoms with Crippen molar-refractivity contribution in [3.8, 4) is 0 Å². The third-order valence-electron chi connectivity index (χ3n) is 0.659. The first kappa shape index (κ1) is 7.95. The van der Waals surface area contributed by atoms with E-state index in [2.05, 4.69) is 18.3 Å². The van der Waals surface area contributed by atoms with E-state index in [1.807, 2.05) is 6.92 Å². The summed E-state index contributed by atoms with van der Waals surface area (Å²) in [5, 5.41) is 0. The SMILES string of the molecule is C=NCC(=C)O/C=C\C. The molecule has 2 nitrogen and oxygen atoms in total. The van der Waals surface area contributed by atoms with Crippen molar-refractivity contribution in [2.45, 2.75) is 6.92 Å². The Labute approximate surface area is 55.6 Å². The van der Waals surface area contributed by atoms with Gasteiger partial charge in [-0.2, -0.15) is 0 Å². The summed E-state index contributed by atoms with van der Waals surface area (Å²) in [7, 11) is 0. The predicted molar refractivity (Wildman–Crippen MR) is 39.5 cm³/mol. The summed E-state index contributed by atoms with van der Waals surface area (Å²) < 4.78 is 4.92. The smallest absolute Gasteiger partial charge is 0.117 e. The molecule has 2 heteroatoms. The Kier molecular flexibility index (Phi) is 4.50. The third-order valence-corrected chi connectivity index (χ3v) is 0.659. The summed E-state index contributed by atoms with van der Waals surface area (Å²) in [6.07, 6.45) is 3.35. The molecule has 0 saturated heterocycles. The fourth-order valence-corrected chi connectivity index (χ4v) is 0.326. The van der Waals surface area contributed by atoms with Crippen LogP contribution in [-0.2, 0) is 4.74 Å². The minimum absolute atomic E-state index is 0.463. The average molecular weight is 125 g/mol. The monoisotopic (exact) mass is 125 g/mol. The number of hydrogen-bond acceptors (Lipinski definition) is 2. The average Bonchev–Trinajstić information content (AvgIpc) is 1.85. The summed E-state index contributed by atoms with van der Waals surface area (Å²) in [5.41, 5.74) is 0. The van der Waals surface area contributed by atoms with E-state index in [0.29, 0.717) is 12.3 Å². The van der Waals surface area contributed by atoms with Gasteiger partial charge >= 0.3 is 0 Å². The third kappa shape index (κ3) is 4.81. The van der Waals surface area contributed by atoms with E-state index < -0.39 is 0 Å². The molecule has 0 aliphatic heterocycles. The Morgan fingerprint density at radius 1 is 1.78 bits per heavy atom. The van der Waals surface area contributed by atoms with Gasteiger partial charge in [-0.1, -0.05) is 12.7 Å². The molecule has 0 aromatic heterocycles. The van der Waals surface area contributed by atoms with Gasteiger partial charge < -0.3 is 4.74 Å². The number of ether oxygens (including phenoxy) is 1. The van der Waals surface area contributed by atoms with Crippen LogP contribution in [0.2, 0.25) is 0 Å². The Hall–Kier alpha value is -1.05. The lowest BCUT2D eigenvalue weighted by atomic mass is 10.6. The van der Waals surface area contributed by atoms with Crippen molar-refractivity contribution in [2.24, 2.45) is 4.99 Å². The predicted octanol–water partition coefficient (Wildman–Crippen LogP) is 1.75. The zero-order valence-electron chi connectivity index (χ0n) is 5.63. The van der Waals surface area contributed by atoms with E-state index in [0.717, 1.165) is 0 Å². The van der Waals surface area contributed by atoms with Crippen LogP contribution in [-0.4, -0.2) is 13.3 Å². The molecule has 9 heavy (non-hydrogen) atoms. The van der Waals surface area contributed by atoms with Crippen molar-refractivity contribution < 1.29 is 4.74 Å². The summed E-state index contributed by atoms with van der Waals surface area (Å²) in [4.78, 5) is 3.58. The minimum atomic E-state index is 0.463. The van der Waals surface area contributed by atoms with Gasteiger partial charge in [-0.05, 0) is 13.6 Å². The van der Waals surface area contributed by atoms with Gasteiger partial charge in [0.1, 0.15) is 5.76 Å². The minimum Gasteiger partial charge on any atom is -0.468 e. The van der Waals surface area contributed by atoms with Gasteiger partial charge in [0.2, 0.25) is 0 Å². The van der Waals surface area contributed by atoms with E-state index in [1.54, 1.807) is 12.3 Å². The molecule has 0 atom stereocenters. The number of rotatable bonds is 4. The maximum absolute atomic E-state index is 4.92. The van der Waals surface area contributed by atoms with E-state index in [9.17, 15) is 0 Å². The van der Waals surface area contributed by atoms with Gasteiger partial charge in [-0.3, -0.25) is 4.99 Å². The van der Waals surface area contributed by atoms with Crippen LogP contribution in [0, 0.1) is 0 Å². The van der Waals surface area contributed by atoms with Gasteiger partial charge in [0.25, 0.3) is 0 Å². The zero-order chi connectivity index (χ0) is 7.11. The maximum atomic E-state index is 4.92. The first-order valence-electron chi connectivity index (χ1n) is 2.69. The van der Waals surface area contributed by atoms with Crippen LogP contribution < -0.4 is 0 Å². The molecule has 0 bridgehead atoms. The first-order chi connectivity index (χ1) is 4.31. The summed E-state index contributed by atoms with van der Waals surface area (Å²) in [6, 6.07) is 0. The molecule has 0 saturated carbocycles. The Balaban J connectivity index is 3.38. The fraction of sp³-hybridized carbons (Fsp3) is 0.286. The topological polar surface area (TPSA) is 21.6 Å². The summed E-state index contributed by atoms with van der Waals surface area (Å²) in [5.74, 6) is 0.614. The number of hydrogen-bond donors (Lipinski definition) is 0. The quantitative estimate of drug-likeness (QED) is 0.414. The molecule has 0 fully saturated rings. The normalized spacial score (nSPS) is 9.44. The van der Waals surface area contributed by atoms with Crippen molar-refractivity contribution in [2.75, 3.05) is 6.54 Å². The van der Waals surface area contributed by atoms with Crippen LogP contribution in [0.3, 0.4) is 0 Å². The number of nitrogens with zero attached hydrogens (tertiary/aromatic N) is 1. The molecule has 0 N–H and O–H groups in total. The molecule has 0 radical (unpaired) electrons. The van der Waals surface area contributed by atoms with Gasteiger partial charge in [0, 0.05) is 0 Å². The lowest BCUT2D eigenvalue weighted by Crippen LogP contribution is -1.86. The van der Waals surface area contributed by atoms with E-state index in [-0.39, 0.29) is 0 Å². The van der Waals surface area contributed by atoms with Crippen molar-refractivity contribution in [3.05, 3.63) is 24.7 Å². The molecule has 0 unspecified atom stereocenters. The highest BCUT2D eigenvalue weighted by Gasteiger charge is 1.84. The Morgan fingerprint density at radius 2 is 2.44 bits per heavy atom. The molecule has 50 valence electrons. The molecule has 0 aliphatic rings. The second-order valence-corrected chi connectivity index (χ2v) is 1.51. The van der Waals surface area contributed by atoms with Gasteiger partial charge in [0.05, 0.1) is 12.8 Å². The zero-order valence-corrected chi connectivity index (χ0v) is 5.63. The fourth-order valence-electron chi connectivity index (χ4n) is 0.326. The molecule has 0 amide bonds. The van der Waals surface area contributed by atoms with E-state index in [4.69, 9.17) is 4.74 Å². The molecular formula is C7H11NO. The lowest BCUT2D eigenvalue weighted by Gasteiger charge is -1.97. The molecule has 0 rings (SSSR count). The molecular weight excluding hydrogens is 114 g/mol. The van der Waals surface area contributed by atoms with Crippen LogP contribution in [0.4, 0.5) is 0 Å². The second-order valence-electron chi connectivity index (χ2n) is 1.51. The first-order valence-corrected chi connectivity index (χ1v) is 2.69. The summed E-state index contributed by atoms with van der Waals surface area (Å²) in [6.45, 7) is 9.20. The van der Waals surface area contributed by atoms with Crippen molar-refractivity contribution in [1.29, 1.82) is 0 Å². The lowest BCUT2D eigenvalue weighted by molar-refractivity contribution is 0.347. The Morgan fingerprint density at radius 3 is 2.89 bits per heavy atom. The maximum Gasteiger partial charge on any atom is 0.117 e. The Bertz CT molecular complexity index is 127. The van der Waals surface area contributed by atoms with E-state index >= 15 is 0 Å². The molecule has 0 aromatic carbocycles. The highest BCUT2D eigenvalue weighted by Crippen LogP contribution is 1.93. The highest BCUT2D eigenvalue weighted by atomic mass is 16.5. The largest absolute Gasteiger partial charge is 0.468 e. The van der Waals surface area contributed by atoms with Crippen molar-refractivity contribution in [3.63, 3.8) is 0 Å². The number of allylic oxidation sites excluding steroid dienone is 1. The number of aliphatic imine (C=N–C) groups is 1. The van der Waals surface area contributed by atoms with Gasteiger partial charge in [-0.25, -0.2) is 0 Å². The van der Waals surface area contributed by atoms with Crippen molar-refractivity contribution in [1.82, 2.24) is 0 Å². The molecule has 0 aromatic rings. The van der Waals surface area contributed by atoms with Crippen molar-refractivity contribution >= 4 is 6.72 Å².